The number of carbonyl (C=O) groups excluding carboxylic acids is 1. The fourth-order valence-corrected chi connectivity index (χ4v) is 4.63. The van der Waals surface area contributed by atoms with Gasteiger partial charge in [-0.1, -0.05) is 45.7 Å². The minimum Gasteiger partial charge on any atom is -0.488 e. The van der Waals surface area contributed by atoms with Crippen LogP contribution in [0.25, 0.3) is 22.3 Å². The number of pyridine rings is 1. The monoisotopic (exact) mass is 598 g/mol. The van der Waals surface area contributed by atoms with E-state index in [0.29, 0.717) is 28.9 Å². The maximum Gasteiger partial charge on any atom is 0.153 e. The molecule has 39 heavy (non-hydrogen) atoms. The molecular formula is C30H20BrClN4O3. The van der Waals surface area contributed by atoms with E-state index in [1.165, 1.54) is 12.3 Å². The average Bonchev–Trinajstić information content (AvgIpc) is 2.96. The molecule has 5 aromatic rings. The lowest BCUT2D eigenvalue weighted by Gasteiger charge is -2.15. The zero-order chi connectivity index (χ0) is 27.4. The maximum absolute atomic E-state index is 11.7. The number of ether oxygens (including phenoxy) is 2. The Morgan fingerprint density at radius 1 is 1.00 bits per heavy atom. The molecule has 0 atom stereocenters. The van der Waals surface area contributed by atoms with E-state index in [-0.39, 0.29) is 23.8 Å². The Morgan fingerprint density at radius 2 is 1.85 bits per heavy atom. The van der Waals surface area contributed by atoms with Crippen LogP contribution in [0.2, 0.25) is 5.02 Å². The topological polar surface area (TPSA) is 98.0 Å². The molecule has 2 heterocycles. The Hall–Kier alpha value is -4.32. The Labute approximate surface area is 238 Å². The van der Waals surface area contributed by atoms with Gasteiger partial charge in [0, 0.05) is 34.1 Å². The quantitative estimate of drug-likeness (QED) is 0.173. The average molecular weight is 600 g/mol. The second-order valence-electron chi connectivity index (χ2n) is 8.69. The number of halogens is 2. The molecule has 0 aliphatic rings. The summed E-state index contributed by atoms with van der Waals surface area (Å²) in [5, 5.41) is 9.38. The van der Waals surface area contributed by atoms with Crippen molar-refractivity contribution in [2.75, 3.05) is 0 Å². The van der Waals surface area contributed by atoms with Crippen molar-refractivity contribution in [3.8, 4) is 28.8 Å². The van der Waals surface area contributed by atoms with Gasteiger partial charge in [0.05, 0.1) is 39.1 Å². The molecule has 7 nitrogen and oxygen atoms in total. The van der Waals surface area contributed by atoms with Crippen molar-refractivity contribution in [3.05, 3.63) is 111 Å². The zero-order valence-corrected chi connectivity index (χ0v) is 23.0. The molecule has 5 rings (SSSR count). The van der Waals surface area contributed by atoms with E-state index >= 15 is 0 Å². The van der Waals surface area contributed by atoms with Crippen LogP contribution in [0.4, 0.5) is 0 Å². The third-order valence-corrected chi connectivity index (χ3v) is 6.91. The number of carbonyl (C=O) groups is 1. The normalized spacial score (nSPS) is 10.7. The smallest absolute Gasteiger partial charge is 0.153 e. The number of fused-ring (bicyclic) bond motifs is 1. The third-order valence-electron chi connectivity index (χ3n) is 6.12. The molecule has 0 unspecified atom stereocenters. The second-order valence-corrected chi connectivity index (χ2v) is 10.0. The number of hydrogen-bond donors (Lipinski definition) is 0. The fraction of sp³-hybridized carbons (Fsp3) is 0.100. The number of nitrogens with zero attached hydrogens (tertiary/aromatic N) is 4. The molecule has 0 aliphatic heterocycles. The molecule has 0 radical (unpaired) electrons. The summed E-state index contributed by atoms with van der Waals surface area (Å²) < 4.78 is 12.9. The van der Waals surface area contributed by atoms with Crippen LogP contribution in [0, 0.1) is 18.3 Å². The van der Waals surface area contributed by atoms with Gasteiger partial charge in [-0.2, -0.15) is 5.26 Å². The summed E-state index contributed by atoms with van der Waals surface area (Å²) >= 11 is 9.92. The molecule has 192 valence electrons. The van der Waals surface area contributed by atoms with Crippen LogP contribution in [-0.4, -0.2) is 21.2 Å². The second kappa shape index (κ2) is 11.6. The van der Waals surface area contributed by atoms with Gasteiger partial charge in [-0.05, 0) is 48.4 Å². The van der Waals surface area contributed by atoms with Crippen LogP contribution in [0.3, 0.4) is 0 Å². The molecule has 0 saturated carbocycles. The first-order valence-electron chi connectivity index (χ1n) is 11.8. The lowest BCUT2D eigenvalue weighted by Crippen LogP contribution is -2.03. The highest BCUT2D eigenvalue weighted by molar-refractivity contribution is 9.10. The molecule has 9 heteroatoms. The van der Waals surface area contributed by atoms with E-state index in [1.54, 1.807) is 24.5 Å². The minimum absolute atomic E-state index is 0.120. The van der Waals surface area contributed by atoms with Crippen molar-refractivity contribution in [2.45, 2.75) is 20.1 Å². The summed E-state index contributed by atoms with van der Waals surface area (Å²) in [6, 6.07) is 18.5. The molecule has 2 aromatic heterocycles. The van der Waals surface area contributed by atoms with Gasteiger partial charge in [0.2, 0.25) is 0 Å². The van der Waals surface area contributed by atoms with Gasteiger partial charge in [0.1, 0.15) is 30.8 Å². The summed E-state index contributed by atoms with van der Waals surface area (Å²) in [6.45, 7) is 2.37. The Bertz CT molecular complexity index is 1750. The van der Waals surface area contributed by atoms with Crippen molar-refractivity contribution in [3.63, 3.8) is 0 Å². The SMILES string of the molecule is Cc1c(COc2cc(OCc3cncc(C#N)c3)c(C=O)cc2Cl)cccc1-c1cnc2ccc(Br)cc2n1. The van der Waals surface area contributed by atoms with Crippen molar-refractivity contribution in [1.29, 1.82) is 5.26 Å². The van der Waals surface area contributed by atoms with Crippen LogP contribution < -0.4 is 9.47 Å². The first kappa shape index (κ1) is 26.3. The molecule has 0 spiro atoms. The van der Waals surface area contributed by atoms with Crippen LogP contribution in [0.5, 0.6) is 11.5 Å². The number of aromatic nitrogens is 3. The molecule has 0 amide bonds. The number of nitriles is 1. The number of rotatable bonds is 8. The minimum atomic E-state index is 0.120. The summed E-state index contributed by atoms with van der Waals surface area (Å²) in [7, 11) is 0. The fourth-order valence-electron chi connectivity index (χ4n) is 4.05. The molecule has 3 aromatic carbocycles. The predicted molar refractivity (Wildman–Crippen MR) is 152 cm³/mol. The van der Waals surface area contributed by atoms with Crippen molar-refractivity contribution < 1.29 is 14.3 Å². The lowest BCUT2D eigenvalue weighted by atomic mass is 10.0. The summed E-state index contributed by atoms with van der Waals surface area (Å²) in [4.78, 5) is 25.0. The number of aldehydes is 1. The number of hydrogen-bond acceptors (Lipinski definition) is 7. The van der Waals surface area contributed by atoms with Crippen LogP contribution >= 0.6 is 27.5 Å². The van der Waals surface area contributed by atoms with Crippen LogP contribution in [0.1, 0.15) is 32.6 Å². The lowest BCUT2D eigenvalue weighted by molar-refractivity contribution is 0.111. The summed E-state index contributed by atoms with van der Waals surface area (Å²) in [6.07, 6.45) is 5.51. The Balaban J connectivity index is 1.37. The first-order chi connectivity index (χ1) is 18.9. The van der Waals surface area contributed by atoms with E-state index in [4.69, 9.17) is 31.3 Å². The van der Waals surface area contributed by atoms with E-state index in [9.17, 15) is 4.79 Å². The number of benzene rings is 3. The highest BCUT2D eigenvalue weighted by Crippen LogP contribution is 2.34. The van der Waals surface area contributed by atoms with E-state index in [2.05, 4.69) is 25.9 Å². The van der Waals surface area contributed by atoms with Gasteiger partial charge in [-0.15, -0.1) is 0 Å². The molecule has 0 N–H and O–H groups in total. The first-order valence-corrected chi connectivity index (χ1v) is 13.0. The predicted octanol–water partition coefficient (Wildman–Crippen LogP) is 7.26. The highest BCUT2D eigenvalue weighted by Gasteiger charge is 2.14. The van der Waals surface area contributed by atoms with Crippen molar-refractivity contribution in [1.82, 2.24) is 15.0 Å². The van der Waals surface area contributed by atoms with Gasteiger partial charge < -0.3 is 9.47 Å². The maximum atomic E-state index is 11.7. The Kier molecular flexibility index (Phi) is 7.82. The van der Waals surface area contributed by atoms with Gasteiger partial charge in [0.25, 0.3) is 0 Å². The largest absolute Gasteiger partial charge is 0.488 e. The third kappa shape index (κ3) is 5.90. The van der Waals surface area contributed by atoms with Gasteiger partial charge in [0.15, 0.2) is 6.29 Å². The zero-order valence-electron chi connectivity index (χ0n) is 20.7. The molecule has 0 fully saturated rings. The van der Waals surface area contributed by atoms with E-state index in [0.717, 1.165) is 37.9 Å². The molecular weight excluding hydrogens is 580 g/mol. The highest BCUT2D eigenvalue weighted by atomic mass is 79.9. The van der Waals surface area contributed by atoms with E-state index < -0.39 is 0 Å². The van der Waals surface area contributed by atoms with Crippen LogP contribution in [-0.2, 0) is 13.2 Å². The molecule has 0 saturated heterocycles. The van der Waals surface area contributed by atoms with Gasteiger partial charge in [-0.25, -0.2) is 4.98 Å². The van der Waals surface area contributed by atoms with Crippen LogP contribution in [0.15, 0.2) is 77.7 Å². The standard InChI is InChI=1S/C30H20BrClN4O3/c1-18-21(3-2-4-24(18)28-14-35-26-6-5-23(31)9-27(26)36-28)17-39-30-10-29(22(15-37)8-25(30)32)38-16-20-7-19(11-33)12-34-13-20/h2-10,12-15H,16-17H2,1H3. The van der Waals surface area contributed by atoms with Gasteiger partial charge in [-0.3, -0.25) is 14.8 Å². The summed E-state index contributed by atoms with van der Waals surface area (Å²) in [5.74, 6) is 0.691. The molecule has 0 aliphatic carbocycles. The van der Waals surface area contributed by atoms with E-state index in [1.807, 2.05) is 49.4 Å². The van der Waals surface area contributed by atoms with Crippen molar-refractivity contribution >= 4 is 44.9 Å². The van der Waals surface area contributed by atoms with Gasteiger partial charge >= 0.3 is 0 Å². The Morgan fingerprint density at radius 3 is 2.67 bits per heavy atom. The molecule has 0 bridgehead atoms. The van der Waals surface area contributed by atoms with Crippen molar-refractivity contribution in [2.24, 2.45) is 0 Å². The summed E-state index contributed by atoms with van der Waals surface area (Å²) in [5.41, 5.74) is 6.68.